The number of H-pyrrole nitrogens is 1. The van der Waals surface area contributed by atoms with Gasteiger partial charge in [-0.3, -0.25) is 10.1 Å². The quantitative estimate of drug-likeness (QED) is 0.551. The number of nitrogens with zero attached hydrogens (tertiary/aromatic N) is 1. The van der Waals surface area contributed by atoms with E-state index in [1.54, 1.807) is 30.6 Å². The monoisotopic (exact) mass is 228 g/mol. The second-order valence-electron chi connectivity index (χ2n) is 3.43. The molecule has 86 valence electrons. The van der Waals surface area contributed by atoms with Crippen molar-refractivity contribution in [3.8, 4) is 0 Å². The lowest BCUT2D eigenvalue weighted by Gasteiger charge is -1.97. The highest BCUT2D eigenvalue weighted by Crippen LogP contribution is 2.07. The van der Waals surface area contributed by atoms with Gasteiger partial charge >= 0.3 is 0 Å². The highest BCUT2D eigenvalue weighted by molar-refractivity contribution is 6.00. The molecule has 5 heteroatoms. The number of benzene rings is 1. The molecule has 2 aromatic rings. The molecule has 0 spiro atoms. The number of nitrogens with two attached hydrogens (primary N) is 1. The normalized spacial score (nSPS) is 10.6. The number of hydrogen-bond acceptors (Lipinski definition) is 3. The average Bonchev–Trinajstić information content (AvgIpc) is 2.81. The summed E-state index contributed by atoms with van der Waals surface area (Å²) in [6, 6.07) is 7.24. The molecular formula is C12H12N4O. The molecule has 0 unspecified atom stereocenters. The second-order valence-corrected chi connectivity index (χ2v) is 3.43. The van der Waals surface area contributed by atoms with E-state index in [1.807, 2.05) is 12.1 Å². The molecule has 0 radical (unpaired) electrons. The van der Waals surface area contributed by atoms with Gasteiger partial charge in [0.05, 0.1) is 0 Å². The van der Waals surface area contributed by atoms with Crippen molar-refractivity contribution in [2.24, 2.45) is 0 Å². The molecule has 5 nitrogen and oxygen atoms in total. The van der Waals surface area contributed by atoms with E-state index < -0.39 is 0 Å². The lowest BCUT2D eigenvalue weighted by atomic mass is 10.2. The Labute approximate surface area is 98.4 Å². The first-order valence-corrected chi connectivity index (χ1v) is 5.08. The van der Waals surface area contributed by atoms with Crippen LogP contribution in [0.5, 0.6) is 0 Å². The Balaban J connectivity index is 1.96. The number of imidazole rings is 1. The van der Waals surface area contributed by atoms with Gasteiger partial charge in [0, 0.05) is 24.2 Å². The zero-order valence-corrected chi connectivity index (χ0v) is 9.05. The molecule has 0 bridgehead atoms. The average molecular weight is 228 g/mol. The molecule has 0 aliphatic carbocycles. The van der Waals surface area contributed by atoms with Gasteiger partial charge in [-0.15, -0.1) is 0 Å². The minimum absolute atomic E-state index is 0.239. The fraction of sp³-hybridized carbons (Fsp3) is 0. The van der Waals surface area contributed by atoms with Crippen LogP contribution in [0, 0.1) is 0 Å². The van der Waals surface area contributed by atoms with Gasteiger partial charge in [-0.05, 0) is 23.8 Å². The summed E-state index contributed by atoms with van der Waals surface area (Å²) < 4.78 is 0. The molecule has 0 aliphatic rings. The summed E-state index contributed by atoms with van der Waals surface area (Å²) in [7, 11) is 0. The van der Waals surface area contributed by atoms with Gasteiger partial charge < -0.3 is 10.7 Å². The number of carbonyl (C=O) groups is 1. The Morgan fingerprint density at radius 1 is 1.35 bits per heavy atom. The SMILES string of the molecule is Nc1ccc(/C=C/C(=O)Nc2ncc[nH]2)cc1. The number of aromatic nitrogens is 2. The number of anilines is 2. The molecule has 0 aliphatic heterocycles. The van der Waals surface area contributed by atoms with E-state index in [1.165, 1.54) is 6.08 Å². The molecule has 0 fully saturated rings. The molecule has 1 aromatic heterocycles. The maximum absolute atomic E-state index is 11.5. The number of carbonyl (C=O) groups excluding carboxylic acids is 1. The van der Waals surface area contributed by atoms with Crippen molar-refractivity contribution in [1.29, 1.82) is 0 Å². The Hall–Kier alpha value is -2.56. The predicted molar refractivity (Wildman–Crippen MR) is 67.1 cm³/mol. The summed E-state index contributed by atoms with van der Waals surface area (Å²) >= 11 is 0. The van der Waals surface area contributed by atoms with Crippen LogP contribution < -0.4 is 11.1 Å². The summed E-state index contributed by atoms with van der Waals surface area (Å²) in [6.07, 6.45) is 6.35. The first kappa shape index (κ1) is 10.9. The van der Waals surface area contributed by atoms with E-state index in [2.05, 4.69) is 15.3 Å². The third-order valence-electron chi connectivity index (χ3n) is 2.10. The van der Waals surface area contributed by atoms with Crippen LogP contribution in [0.2, 0.25) is 0 Å². The number of nitrogens with one attached hydrogen (secondary N) is 2. The van der Waals surface area contributed by atoms with Crippen molar-refractivity contribution >= 4 is 23.6 Å². The Kier molecular flexibility index (Phi) is 3.20. The molecule has 4 N–H and O–H groups in total. The van der Waals surface area contributed by atoms with E-state index in [9.17, 15) is 4.79 Å². The minimum atomic E-state index is -0.239. The van der Waals surface area contributed by atoms with E-state index in [0.717, 1.165) is 5.56 Å². The molecule has 0 saturated carbocycles. The van der Waals surface area contributed by atoms with Crippen LogP contribution in [0.3, 0.4) is 0 Å². The van der Waals surface area contributed by atoms with Crippen molar-refractivity contribution in [3.05, 3.63) is 48.3 Å². The number of hydrogen-bond donors (Lipinski definition) is 3. The molecule has 17 heavy (non-hydrogen) atoms. The van der Waals surface area contributed by atoms with Crippen molar-refractivity contribution < 1.29 is 4.79 Å². The van der Waals surface area contributed by atoms with Crippen molar-refractivity contribution in [2.75, 3.05) is 11.1 Å². The molecule has 0 atom stereocenters. The second kappa shape index (κ2) is 4.98. The summed E-state index contributed by atoms with van der Waals surface area (Å²) in [4.78, 5) is 18.1. The van der Waals surface area contributed by atoms with Crippen LogP contribution >= 0.6 is 0 Å². The van der Waals surface area contributed by atoms with Crippen LogP contribution in [-0.2, 0) is 4.79 Å². The summed E-state index contributed by atoms with van der Waals surface area (Å²) in [5.74, 6) is 0.189. The minimum Gasteiger partial charge on any atom is -0.399 e. The third-order valence-corrected chi connectivity index (χ3v) is 2.10. The lowest BCUT2D eigenvalue weighted by molar-refractivity contribution is -0.111. The number of nitrogen functional groups attached to an aromatic ring is 1. The van der Waals surface area contributed by atoms with Gasteiger partial charge in [0.25, 0.3) is 5.91 Å². The first-order chi connectivity index (χ1) is 8.24. The fourth-order valence-corrected chi connectivity index (χ4v) is 1.27. The Morgan fingerprint density at radius 3 is 2.76 bits per heavy atom. The van der Waals surface area contributed by atoms with Gasteiger partial charge in [0.15, 0.2) is 0 Å². The van der Waals surface area contributed by atoms with E-state index >= 15 is 0 Å². The zero-order valence-electron chi connectivity index (χ0n) is 9.05. The van der Waals surface area contributed by atoms with E-state index in [0.29, 0.717) is 11.6 Å². The smallest absolute Gasteiger partial charge is 0.250 e. The van der Waals surface area contributed by atoms with E-state index in [-0.39, 0.29) is 5.91 Å². The molecule has 1 amide bonds. The lowest BCUT2D eigenvalue weighted by Crippen LogP contribution is -2.08. The van der Waals surface area contributed by atoms with Crippen molar-refractivity contribution in [2.45, 2.75) is 0 Å². The van der Waals surface area contributed by atoms with Gasteiger partial charge in [0.1, 0.15) is 0 Å². The van der Waals surface area contributed by atoms with Gasteiger partial charge in [-0.25, -0.2) is 4.98 Å². The van der Waals surface area contributed by atoms with Gasteiger partial charge in [-0.1, -0.05) is 12.1 Å². The molecule has 1 heterocycles. The van der Waals surface area contributed by atoms with Crippen LogP contribution in [-0.4, -0.2) is 15.9 Å². The number of rotatable bonds is 3. The first-order valence-electron chi connectivity index (χ1n) is 5.08. The molecular weight excluding hydrogens is 216 g/mol. The fourth-order valence-electron chi connectivity index (χ4n) is 1.27. The molecule has 0 saturated heterocycles. The van der Waals surface area contributed by atoms with E-state index in [4.69, 9.17) is 5.73 Å². The maximum Gasteiger partial charge on any atom is 0.250 e. The van der Waals surface area contributed by atoms with Crippen LogP contribution in [0.15, 0.2) is 42.7 Å². The molecule has 2 rings (SSSR count). The predicted octanol–water partition coefficient (Wildman–Crippen LogP) is 1.64. The van der Waals surface area contributed by atoms with Crippen LogP contribution in [0.1, 0.15) is 5.56 Å². The van der Waals surface area contributed by atoms with Gasteiger partial charge in [-0.2, -0.15) is 0 Å². The summed E-state index contributed by atoms with van der Waals surface area (Å²) in [5, 5.41) is 2.59. The highest BCUT2D eigenvalue weighted by atomic mass is 16.1. The van der Waals surface area contributed by atoms with Gasteiger partial charge in [0.2, 0.25) is 5.95 Å². The third kappa shape index (κ3) is 3.20. The van der Waals surface area contributed by atoms with Crippen LogP contribution in [0.4, 0.5) is 11.6 Å². The van der Waals surface area contributed by atoms with Crippen molar-refractivity contribution in [1.82, 2.24) is 9.97 Å². The topological polar surface area (TPSA) is 83.8 Å². The maximum atomic E-state index is 11.5. The Bertz CT molecular complexity index is 514. The number of amides is 1. The summed E-state index contributed by atoms with van der Waals surface area (Å²) in [5.41, 5.74) is 7.16. The summed E-state index contributed by atoms with van der Waals surface area (Å²) in [6.45, 7) is 0. The number of aromatic amines is 1. The highest BCUT2D eigenvalue weighted by Gasteiger charge is 1.98. The van der Waals surface area contributed by atoms with Crippen LogP contribution in [0.25, 0.3) is 6.08 Å². The van der Waals surface area contributed by atoms with Crippen molar-refractivity contribution in [3.63, 3.8) is 0 Å². The molecule has 1 aromatic carbocycles. The standard InChI is InChI=1S/C12H12N4O/c13-10-4-1-9(2-5-10)3-6-11(17)16-12-14-7-8-15-12/h1-8H,13H2,(H2,14,15,16,17)/b6-3+. The largest absolute Gasteiger partial charge is 0.399 e. The Morgan fingerprint density at radius 2 is 2.12 bits per heavy atom. The zero-order chi connectivity index (χ0) is 12.1.